The van der Waals surface area contributed by atoms with Crippen LogP contribution < -0.4 is 5.32 Å². The summed E-state index contributed by atoms with van der Waals surface area (Å²) < 4.78 is 121. The molecule has 4 aliphatic rings. The van der Waals surface area contributed by atoms with Crippen molar-refractivity contribution in [2.24, 2.45) is 34.5 Å². The van der Waals surface area contributed by atoms with Gasteiger partial charge in [-0.3, -0.25) is 0 Å². The summed E-state index contributed by atoms with van der Waals surface area (Å²) in [7, 11) is 0. The molecule has 1 aliphatic heterocycles. The lowest BCUT2D eigenvalue weighted by atomic mass is 9.47. The average Bonchev–Trinajstić information content (AvgIpc) is 3.02. The second-order valence-electron chi connectivity index (χ2n) is 11.1. The summed E-state index contributed by atoms with van der Waals surface area (Å²) in [6.07, 6.45) is -0.609. The van der Waals surface area contributed by atoms with Crippen molar-refractivity contribution in [3.05, 3.63) is 12.2 Å². The van der Waals surface area contributed by atoms with E-state index in [9.17, 15) is 39.5 Å². The monoisotopic (exact) mass is 491 g/mol. The molecule has 3 aliphatic carbocycles. The van der Waals surface area contributed by atoms with E-state index in [2.05, 4.69) is 24.4 Å². The summed E-state index contributed by atoms with van der Waals surface area (Å²) in [6.45, 7) is 4.71. The first-order chi connectivity index (χ1) is 15.0. The first-order valence-corrected chi connectivity index (χ1v) is 11.6. The Morgan fingerprint density at radius 3 is 2.12 bits per heavy atom. The normalized spacial score (nSPS) is 42.0. The number of hydrogen-bond donors (Lipinski definition) is 1. The molecular formula is C23H30F9N. The van der Waals surface area contributed by atoms with Crippen LogP contribution in [0.2, 0.25) is 0 Å². The lowest BCUT2D eigenvalue weighted by Crippen LogP contribution is -2.61. The maximum absolute atomic E-state index is 14.5. The Kier molecular flexibility index (Phi) is 5.75. The van der Waals surface area contributed by atoms with Gasteiger partial charge in [-0.05, 0) is 67.6 Å². The van der Waals surface area contributed by atoms with Gasteiger partial charge in [0.15, 0.2) is 0 Å². The van der Waals surface area contributed by atoms with Gasteiger partial charge in [-0.25, -0.2) is 0 Å². The van der Waals surface area contributed by atoms with Gasteiger partial charge in [0.25, 0.3) is 0 Å². The van der Waals surface area contributed by atoms with E-state index in [1.807, 2.05) is 0 Å². The van der Waals surface area contributed by atoms with Crippen LogP contribution in [0.15, 0.2) is 12.2 Å². The van der Waals surface area contributed by atoms with Crippen LogP contribution >= 0.6 is 0 Å². The molecule has 1 N–H and O–H groups in total. The molecule has 7 atom stereocenters. The fourth-order valence-electron chi connectivity index (χ4n) is 7.77. The molecule has 1 nitrogen and oxygen atoms in total. The number of fused-ring (bicyclic) bond motifs is 5. The van der Waals surface area contributed by atoms with Crippen molar-refractivity contribution in [3.8, 4) is 0 Å². The topological polar surface area (TPSA) is 12.0 Å². The van der Waals surface area contributed by atoms with Gasteiger partial charge in [0.1, 0.15) is 0 Å². The van der Waals surface area contributed by atoms with Gasteiger partial charge < -0.3 is 5.32 Å². The van der Waals surface area contributed by atoms with E-state index in [0.717, 1.165) is 19.4 Å². The molecule has 0 unspecified atom stereocenters. The van der Waals surface area contributed by atoms with Gasteiger partial charge in [0, 0.05) is 24.4 Å². The predicted octanol–water partition coefficient (Wildman–Crippen LogP) is 7.23. The molecule has 4 rings (SSSR count). The second-order valence-corrected chi connectivity index (χ2v) is 11.1. The molecule has 0 aromatic heterocycles. The Morgan fingerprint density at radius 1 is 0.818 bits per heavy atom. The Labute approximate surface area is 187 Å². The van der Waals surface area contributed by atoms with Crippen molar-refractivity contribution < 1.29 is 39.5 Å². The molecule has 33 heavy (non-hydrogen) atoms. The van der Waals surface area contributed by atoms with E-state index in [1.54, 1.807) is 6.92 Å². The van der Waals surface area contributed by atoms with E-state index in [4.69, 9.17) is 0 Å². The minimum absolute atomic E-state index is 0.0399. The lowest BCUT2D eigenvalue weighted by Gasteiger charge is -2.59. The second kappa shape index (κ2) is 7.53. The van der Waals surface area contributed by atoms with Crippen LogP contribution in [0.1, 0.15) is 58.8 Å². The zero-order valence-electron chi connectivity index (χ0n) is 18.6. The first-order valence-electron chi connectivity index (χ1n) is 11.6. The molecule has 0 amide bonds. The number of nitrogens with one attached hydrogen (secondary N) is 1. The smallest absolute Gasteiger partial charge is 0.310 e. The first kappa shape index (κ1) is 25.2. The number of alkyl halides is 9. The molecule has 190 valence electrons. The molecule has 0 spiro atoms. The van der Waals surface area contributed by atoms with Gasteiger partial charge in [-0.2, -0.15) is 39.5 Å². The van der Waals surface area contributed by atoms with E-state index < -0.39 is 41.7 Å². The van der Waals surface area contributed by atoms with Gasteiger partial charge in [-0.15, -0.1) is 0 Å². The van der Waals surface area contributed by atoms with E-state index in [0.29, 0.717) is 25.3 Å². The van der Waals surface area contributed by atoms with E-state index in [1.165, 1.54) is 0 Å². The fourth-order valence-corrected chi connectivity index (χ4v) is 7.77. The highest BCUT2D eigenvalue weighted by molar-refractivity contribution is 5.18. The highest BCUT2D eigenvalue weighted by Gasteiger charge is 2.82. The molecule has 0 aromatic carbocycles. The third-order valence-electron chi connectivity index (χ3n) is 9.64. The van der Waals surface area contributed by atoms with Gasteiger partial charge in [0.05, 0.1) is 0 Å². The Bertz CT molecular complexity index is 791. The number of halogens is 9. The van der Waals surface area contributed by atoms with Crippen LogP contribution in [0.5, 0.6) is 0 Å². The third-order valence-corrected chi connectivity index (χ3v) is 9.64. The van der Waals surface area contributed by atoms with Crippen molar-refractivity contribution in [2.75, 3.05) is 6.54 Å². The van der Waals surface area contributed by atoms with Crippen molar-refractivity contribution in [1.29, 1.82) is 0 Å². The van der Waals surface area contributed by atoms with Crippen molar-refractivity contribution >= 4 is 0 Å². The largest absolute Gasteiger partial charge is 0.460 e. The molecular weight excluding hydrogens is 461 g/mol. The zero-order valence-corrected chi connectivity index (χ0v) is 18.6. The van der Waals surface area contributed by atoms with Crippen molar-refractivity contribution in [3.63, 3.8) is 0 Å². The molecule has 0 bridgehead atoms. The summed E-state index contributed by atoms with van der Waals surface area (Å²) in [5.74, 6) is -19.4. The van der Waals surface area contributed by atoms with Crippen LogP contribution in [0.25, 0.3) is 0 Å². The van der Waals surface area contributed by atoms with Crippen LogP contribution in [0, 0.1) is 34.5 Å². The molecule has 0 radical (unpaired) electrons. The van der Waals surface area contributed by atoms with E-state index in [-0.39, 0.29) is 29.6 Å². The van der Waals surface area contributed by atoms with Crippen LogP contribution in [-0.2, 0) is 0 Å². The summed E-state index contributed by atoms with van der Waals surface area (Å²) in [6, 6.07) is 0.304. The highest BCUT2D eigenvalue weighted by Crippen LogP contribution is 2.67. The lowest BCUT2D eigenvalue weighted by molar-refractivity contribution is -0.398. The standard InChI is InChI=1S/C23H30F9N/c1-18-10-8-16-14(5-7-17-19(16,2)9-3-11-33-17)15(18)6-4-13(18)12-20(24,25)21(26,27)22(28,29)23(30,31)32/h3,9,13-17,33H,4-8,10-12H2,1-2H3/t13-,14+,15+,16+,17-,18-,19-/m1/s1. The van der Waals surface area contributed by atoms with Crippen LogP contribution in [0.3, 0.4) is 0 Å². The Morgan fingerprint density at radius 2 is 1.48 bits per heavy atom. The number of hydrogen-bond acceptors (Lipinski definition) is 1. The predicted molar refractivity (Wildman–Crippen MR) is 104 cm³/mol. The average molecular weight is 491 g/mol. The minimum Gasteiger partial charge on any atom is -0.310 e. The summed E-state index contributed by atoms with van der Waals surface area (Å²) in [4.78, 5) is 0. The molecule has 3 fully saturated rings. The molecule has 1 heterocycles. The Balaban J connectivity index is 1.56. The van der Waals surface area contributed by atoms with Crippen LogP contribution in [0.4, 0.5) is 39.5 Å². The summed E-state index contributed by atoms with van der Waals surface area (Å²) in [5.41, 5.74) is -0.893. The molecule has 0 saturated heterocycles. The summed E-state index contributed by atoms with van der Waals surface area (Å²) in [5, 5.41) is 3.51. The quantitative estimate of drug-likeness (QED) is 0.323. The van der Waals surface area contributed by atoms with Crippen molar-refractivity contribution in [1.82, 2.24) is 5.32 Å². The molecule has 10 heteroatoms. The maximum atomic E-state index is 14.5. The summed E-state index contributed by atoms with van der Waals surface area (Å²) >= 11 is 0. The van der Waals surface area contributed by atoms with E-state index >= 15 is 0 Å². The van der Waals surface area contributed by atoms with Gasteiger partial charge in [-0.1, -0.05) is 26.0 Å². The maximum Gasteiger partial charge on any atom is 0.460 e. The zero-order chi connectivity index (χ0) is 24.7. The number of rotatable bonds is 4. The molecule has 3 saturated carbocycles. The highest BCUT2D eigenvalue weighted by atomic mass is 19.4. The van der Waals surface area contributed by atoms with Gasteiger partial charge >= 0.3 is 23.9 Å². The fraction of sp³-hybridized carbons (Fsp3) is 0.913. The van der Waals surface area contributed by atoms with Gasteiger partial charge in [0.2, 0.25) is 0 Å². The van der Waals surface area contributed by atoms with Crippen LogP contribution in [-0.4, -0.2) is 36.5 Å². The van der Waals surface area contributed by atoms with Crippen molar-refractivity contribution in [2.45, 2.75) is 88.8 Å². The molecule has 0 aromatic rings. The minimum atomic E-state index is -6.81. The third kappa shape index (κ3) is 3.46. The Hall–Kier alpha value is -0.930. The SMILES string of the molecule is C[C@]12C=CCN[C@@H]1CC[C@@H]1[C@@H]2CC[C@]2(C)[C@@H](CC(F)(F)C(F)(F)C(F)(F)C(F)(F)F)CC[C@@H]12.